The third kappa shape index (κ3) is 2.34. The average molecular weight is 280 g/mol. The molecular weight excluding hydrogens is 252 g/mol. The molecule has 0 aromatic heterocycles. The minimum atomic E-state index is -0.0662. The Morgan fingerprint density at radius 1 is 1.40 bits per heavy atom. The summed E-state index contributed by atoms with van der Waals surface area (Å²) in [7, 11) is 1.84. The Bertz CT molecular complexity index is 408. The van der Waals surface area contributed by atoms with Crippen LogP contribution in [0.1, 0.15) is 47.0 Å². The number of epoxide rings is 2. The molecule has 0 radical (unpaired) electrons. The van der Waals surface area contributed by atoms with Crippen LogP contribution in [-0.4, -0.2) is 37.1 Å². The van der Waals surface area contributed by atoms with Crippen molar-refractivity contribution in [3.8, 4) is 0 Å². The highest BCUT2D eigenvalue weighted by Crippen LogP contribution is 2.60. The summed E-state index contributed by atoms with van der Waals surface area (Å²) < 4.78 is 17.9. The van der Waals surface area contributed by atoms with Crippen LogP contribution in [0.15, 0.2) is 11.6 Å². The zero-order valence-corrected chi connectivity index (χ0v) is 13.4. The van der Waals surface area contributed by atoms with E-state index in [2.05, 4.69) is 33.8 Å². The minimum absolute atomic E-state index is 0.0345. The standard InChI is InChI=1S/C17H28O3/c1-11(2)6-7-14-16(4,20-14)15-13(18-5)8-12(3)9-17(15)10-19-17/h6,12-15H,7-10H2,1-5H3/t12-,13+,14+,15+,16-,17-/m0/s1. The van der Waals surface area contributed by atoms with Crippen molar-refractivity contribution in [2.45, 2.75) is 70.4 Å². The van der Waals surface area contributed by atoms with Crippen molar-refractivity contribution in [2.75, 3.05) is 13.7 Å². The number of hydrogen-bond acceptors (Lipinski definition) is 3. The van der Waals surface area contributed by atoms with E-state index in [0.717, 1.165) is 25.9 Å². The predicted molar refractivity (Wildman–Crippen MR) is 78.7 cm³/mol. The molecule has 1 saturated carbocycles. The monoisotopic (exact) mass is 280 g/mol. The van der Waals surface area contributed by atoms with Gasteiger partial charge in [0.15, 0.2) is 0 Å². The Morgan fingerprint density at radius 2 is 2.10 bits per heavy atom. The van der Waals surface area contributed by atoms with Crippen LogP contribution in [-0.2, 0) is 14.2 Å². The van der Waals surface area contributed by atoms with Crippen molar-refractivity contribution in [3.63, 3.8) is 0 Å². The Hall–Kier alpha value is -0.380. The van der Waals surface area contributed by atoms with Gasteiger partial charge in [0.1, 0.15) is 5.60 Å². The zero-order chi connectivity index (χ0) is 14.5. The van der Waals surface area contributed by atoms with Crippen LogP contribution in [0.4, 0.5) is 0 Å². The van der Waals surface area contributed by atoms with Gasteiger partial charge in [0.25, 0.3) is 0 Å². The first-order valence-electron chi connectivity index (χ1n) is 7.89. The van der Waals surface area contributed by atoms with Crippen molar-refractivity contribution in [1.29, 1.82) is 0 Å². The molecule has 2 saturated heterocycles. The predicted octanol–water partition coefficient (Wildman–Crippen LogP) is 3.33. The van der Waals surface area contributed by atoms with Gasteiger partial charge in [-0.3, -0.25) is 0 Å². The molecule has 20 heavy (non-hydrogen) atoms. The lowest BCUT2D eigenvalue weighted by atomic mass is 9.66. The Labute approximate surface area is 122 Å². The lowest BCUT2D eigenvalue weighted by Crippen LogP contribution is -2.50. The van der Waals surface area contributed by atoms with Crippen LogP contribution < -0.4 is 0 Å². The van der Waals surface area contributed by atoms with Crippen molar-refractivity contribution in [1.82, 2.24) is 0 Å². The third-order valence-electron chi connectivity index (χ3n) is 5.42. The summed E-state index contributed by atoms with van der Waals surface area (Å²) in [6.07, 6.45) is 6.17. The van der Waals surface area contributed by atoms with Crippen molar-refractivity contribution >= 4 is 0 Å². The molecule has 1 spiro atoms. The lowest BCUT2D eigenvalue weighted by Gasteiger charge is -2.41. The smallest absolute Gasteiger partial charge is 0.100 e. The van der Waals surface area contributed by atoms with E-state index in [4.69, 9.17) is 14.2 Å². The van der Waals surface area contributed by atoms with E-state index in [1.807, 2.05) is 7.11 Å². The molecule has 0 unspecified atom stereocenters. The quantitative estimate of drug-likeness (QED) is 0.585. The summed E-state index contributed by atoms with van der Waals surface area (Å²) in [5.74, 6) is 1.06. The Kier molecular flexibility index (Phi) is 3.51. The molecule has 3 aliphatic rings. The summed E-state index contributed by atoms with van der Waals surface area (Å²) >= 11 is 0. The maximum Gasteiger partial charge on any atom is 0.100 e. The SMILES string of the molecule is CO[C@@H]1C[C@H](C)C[C@]2(CO2)[C@H]1[C@@]1(C)O[C@@H]1CC=C(C)C. The van der Waals surface area contributed by atoms with E-state index in [0.29, 0.717) is 17.9 Å². The van der Waals surface area contributed by atoms with Crippen LogP contribution in [0.2, 0.25) is 0 Å². The van der Waals surface area contributed by atoms with Crippen molar-refractivity contribution in [3.05, 3.63) is 11.6 Å². The molecule has 3 heteroatoms. The molecule has 0 bridgehead atoms. The lowest BCUT2D eigenvalue weighted by molar-refractivity contribution is -0.0639. The number of ether oxygens (including phenoxy) is 3. The van der Waals surface area contributed by atoms with Gasteiger partial charge in [0.2, 0.25) is 0 Å². The summed E-state index contributed by atoms with van der Waals surface area (Å²) in [5, 5.41) is 0. The fourth-order valence-electron chi connectivity index (χ4n) is 4.36. The van der Waals surface area contributed by atoms with Gasteiger partial charge < -0.3 is 14.2 Å². The van der Waals surface area contributed by atoms with Gasteiger partial charge >= 0.3 is 0 Å². The first-order valence-corrected chi connectivity index (χ1v) is 7.89. The highest BCUT2D eigenvalue weighted by molar-refractivity contribution is 5.19. The minimum Gasteiger partial charge on any atom is -0.381 e. The molecule has 1 aliphatic carbocycles. The zero-order valence-electron chi connectivity index (χ0n) is 13.4. The van der Waals surface area contributed by atoms with E-state index >= 15 is 0 Å². The maximum absolute atomic E-state index is 6.13. The number of methoxy groups -OCH3 is 1. The third-order valence-corrected chi connectivity index (χ3v) is 5.42. The van der Waals surface area contributed by atoms with Crippen LogP contribution in [0, 0.1) is 11.8 Å². The summed E-state index contributed by atoms with van der Waals surface area (Å²) in [5.41, 5.74) is 1.33. The summed E-state index contributed by atoms with van der Waals surface area (Å²) in [6.45, 7) is 9.74. The van der Waals surface area contributed by atoms with Crippen molar-refractivity contribution in [2.24, 2.45) is 11.8 Å². The van der Waals surface area contributed by atoms with E-state index in [9.17, 15) is 0 Å². The van der Waals surface area contributed by atoms with E-state index in [1.165, 1.54) is 5.57 Å². The summed E-state index contributed by atoms with van der Waals surface area (Å²) in [4.78, 5) is 0. The van der Waals surface area contributed by atoms with Gasteiger partial charge in [0, 0.05) is 13.0 Å². The van der Waals surface area contributed by atoms with Crippen LogP contribution >= 0.6 is 0 Å². The molecule has 6 atom stereocenters. The first kappa shape index (κ1) is 14.6. The maximum atomic E-state index is 6.13. The molecule has 3 rings (SSSR count). The Morgan fingerprint density at radius 3 is 2.65 bits per heavy atom. The van der Waals surface area contributed by atoms with Crippen molar-refractivity contribution < 1.29 is 14.2 Å². The molecule has 2 heterocycles. The first-order chi connectivity index (χ1) is 9.41. The second-order valence-electron chi connectivity index (χ2n) is 7.46. The normalized spacial score (nSPS) is 50.0. The van der Waals surface area contributed by atoms with E-state index in [-0.39, 0.29) is 17.3 Å². The molecule has 114 valence electrons. The highest BCUT2D eigenvalue weighted by Gasteiger charge is 2.71. The van der Waals surface area contributed by atoms with Gasteiger partial charge in [-0.25, -0.2) is 0 Å². The molecule has 3 fully saturated rings. The second-order valence-corrected chi connectivity index (χ2v) is 7.46. The molecular formula is C17H28O3. The molecule has 0 amide bonds. The number of rotatable bonds is 4. The average Bonchev–Trinajstić information content (AvgIpc) is 3.26. The highest BCUT2D eigenvalue weighted by atomic mass is 16.6. The van der Waals surface area contributed by atoms with E-state index in [1.54, 1.807) is 0 Å². The molecule has 3 nitrogen and oxygen atoms in total. The Balaban J connectivity index is 1.76. The van der Waals surface area contributed by atoms with Gasteiger partial charge in [-0.2, -0.15) is 0 Å². The second kappa shape index (κ2) is 4.82. The molecule has 0 N–H and O–H groups in total. The number of allylic oxidation sites excluding steroid dienone is 1. The topological polar surface area (TPSA) is 34.3 Å². The van der Waals surface area contributed by atoms with Crippen LogP contribution in [0.5, 0.6) is 0 Å². The van der Waals surface area contributed by atoms with Gasteiger partial charge in [-0.15, -0.1) is 0 Å². The largest absolute Gasteiger partial charge is 0.381 e. The molecule has 0 aromatic carbocycles. The fraction of sp³-hybridized carbons (Fsp3) is 0.882. The summed E-state index contributed by atoms with van der Waals surface area (Å²) in [6, 6.07) is 0. The van der Waals surface area contributed by atoms with Crippen LogP contribution in [0.25, 0.3) is 0 Å². The number of hydrogen-bond donors (Lipinski definition) is 0. The van der Waals surface area contributed by atoms with E-state index < -0.39 is 0 Å². The molecule has 0 aromatic rings. The van der Waals surface area contributed by atoms with Crippen LogP contribution in [0.3, 0.4) is 0 Å². The van der Waals surface area contributed by atoms with Gasteiger partial charge in [-0.1, -0.05) is 18.6 Å². The van der Waals surface area contributed by atoms with Gasteiger partial charge in [0.05, 0.1) is 24.4 Å². The fourth-order valence-corrected chi connectivity index (χ4v) is 4.36. The van der Waals surface area contributed by atoms with Gasteiger partial charge in [-0.05, 0) is 46.0 Å². The molecule has 2 aliphatic heterocycles.